The van der Waals surface area contributed by atoms with Gasteiger partial charge in [0, 0.05) is 20.1 Å². The van der Waals surface area contributed by atoms with Gasteiger partial charge in [-0.1, -0.05) is 30.7 Å². The van der Waals surface area contributed by atoms with E-state index in [2.05, 4.69) is 44.2 Å². The normalized spacial score (nSPS) is 26.9. The van der Waals surface area contributed by atoms with Gasteiger partial charge in [-0.15, -0.1) is 0 Å². The maximum Gasteiger partial charge on any atom is 0.119 e. The number of methoxy groups -OCH3 is 2. The second-order valence-electron chi connectivity index (χ2n) is 9.13. The van der Waals surface area contributed by atoms with Crippen LogP contribution < -0.4 is 4.74 Å². The highest BCUT2D eigenvalue weighted by molar-refractivity contribution is 5.32. The molecular weight excluding hydrogens is 348 g/mol. The fraction of sp³-hybridized carbons (Fsp3) is 0.680. The zero-order valence-electron chi connectivity index (χ0n) is 18.2. The van der Waals surface area contributed by atoms with Gasteiger partial charge < -0.3 is 14.2 Å². The van der Waals surface area contributed by atoms with E-state index in [0.29, 0.717) is 17.3 Å². The summed E-state index contributed by atoms with van der Waals surface area (Å²) in [7, 11) is 3.57. The predicted molar refractivity (Wildman–Crippen MR) is 115 cm³/mol. The van der Waals surface area contributed by atoms with E-state index >= 15 is 0 Å². The molecule has 0 spiro atoms. The average Bonchev–Trinajstić information content (AvgIpc) is 3.55. The lowest BCUT2D eigenvalue weighted by Crippen LogP contribution is -2.28. The van der Waals surface area contributed by atoms with Crippen molar-refractivity contribution in [3.63, 3.8) is 0 Å². The summed E-state index contributed by atoms with van der Waals surface area (Å²) in [6.07, 6.45) is 9.87. The topological polar surface area (TPSA) is 27.7 Å². The monoisotopic (exact) mass is 386 g/mol. The minimum Gasteiger partial charge on any atom is -0.493 e. The molecule has 0 radical (unpaired) electrons. The largest absolute Gasteiger partial charge is 0.493 e. The molecule has 0 amide bonds. The SMILES string of the molecule is COC/C=C(\C)C1(C)CCC(COc2cccc(C(COC)C3CC3)c2)CC1. The lowest BCUT2D eigenvalue weighted by atomic mass is 9.68. The van der Waals surface area contributed by atoms with Gasteiger partial charge in [-0.25, -0.2) is 0 Å². The van der Waals surface area contributed by atoms with Crippen LogP contribution in [-0.2, 0) is 9.47 Å². The van der Waals surface area contributed by atoms with Gasteiger partial charge in [0.1, 0.15) is 5.75 Å². The molecule has 0 N–H and O–H groups in total. The Morgan fingerprint density at radius 1 is 1.14 bits per heavy atom. The number of ether oxygens (including phenoxy) is 3. The van der Waals surface area contributed by atoms with Gasteiger partial charge in [-0.2, -0.15) is 0 Å². The number of benzene rings is 1. The summed E-state index contributed by atoms with van der Waals surface area (Å²) < 4.78 is 16.9. The Hall–Kier alpha value is -1.32. The summed E-state index contributed by atoms with van der Waals surface area (Å²) in [6.45, 7) is 7.03. The Morgan fingerprint density at radius 3 is 2.54 bits per heavy atom. The molecule has 0 heterocycles. The van der Waals surface area contributed by atoms with Crippen molar-refractivity contribution < 1.29 is 14.2 Å². The van der Waals surface area contributed by atoms with Crippen LogP contribution in [-0.4, -0.2) is 34.0 Å². The molecule has 1 aromatic carbocycles. The summed E-state index contributed by atoms with van der Waals surface area (Å²) >= 11 is 0. The third kappa shape index (κ3) is 5.61. The number of allylic oxidation sites excluding steroid dienone is 1. The maximum absolute atomic E-state index is 6.23. The van der Waals surface area contributed by atoms with Crippen LogP contribution in [0.2, 0.25) is 0 Å². The molecule has 3 nitrogen and oxygen atoms in total. The molecule has 2 aliphatic rings. The predicted octanol–water partition coefficient (Wildman–Crippen LogP) is 5.99. The van der Waals surface area contributed by atoms with Crippen LogP contribution in [0.1, 0.15) is 63.9 Å². The first-order chi connectivity index (χ1) is 13.6. The first-order valence-electron chi connectivity index (χ1n) is 10.9. The zero-order chi connectivity index (χ0) is 20.0. The number of hydrogen-bond acceptors (Lipinski definition) is 3. The van der Waals surface area contributed by atoms with Gasteiger partial charge in [0.05, 0.1) is 19.8 Å². The highest BCUT2D eigenvalue weighted by atomic mass is 16.5. The summed E-state index contributed by atoms with van der Waals surface area (Å²) in [5.41, 5.74) is 3.18. The van der Waals surface area contributed by atoms with E-state index < -0.39 is 0 Å². The third-order valence-electron chi connectivity index (χ3n) is 7.03. The lowest BCUT2D eigenvalue weighted by Gasteiger charge is -2.38. The van der Waals surface area contributed by atoms with Crippen molar-refractivity contribution in [2.75, 3.05) is 34.0 Å². The summed E-state index contributed by atoms with van der Waals surface area (Å²) in [4.78, 5) is 0. The molecule has 1 atom stereocenters. The summed E-state index contributed by atoms with van der Waals surface area (Å²) in [5.74, 6) is 2.99. The standard InChI is InChI=1S/C25H38O3/c1-19(12-15-26-3)25(2)13-10-20(11-14-25)17-28-23-7-5-6-22(16-23)24(18-27-4)21-8-9-21/h5-7,12,16,20-21,24H,8-11,13-15,17-18H2,1-4H3/b19-12+. The Kier molecular flexibility index (Phi) is 7.59. The lowest BCUT2D eigenvalue weighted by molar-refractivity contribution is 0.150. The van der Waals surface area contributed by atoms with Gasteiger partial charge in [-0.3, -0.25) is 0 Å². The summed E-state index contributed by atoms with van der Waals surface area (Å²) in [5, 5.41) is 0. The molecule has 2 aliphatic carbocycles. The fourth-order valence-electron chi connectivity index (χ4n) is 4.56. The van der Waals surface area contributed by atoms with Gasteiger partial charge in [0.25, 0.3) is 0 Å². The Labute approximate surface area is 171 Å². The Bertz CT molecular complexity index is 639. The van der Waals surface area contributed by atoms with Gasteiger partial charge in [-0.05, 0) is 80.4 Å². The van der Waals surface area contributed by atoms with Crippen LogP contribution in [0.3, 0.4) is 0 Å². The molecular formula is C25H38O3. The molecule has 2 fully saturated rings. The zero-order valence-corrected chi connectivity index (χ0v) is 18.2. The van der Waals surface area contributed by atoms with Crippen molar-refractivity contribution in [2.45, 2.75) is 58.3 Å². The minimum atomic E-state index is 0.326. The van der Waals surface area contributed by atoms with Crippen molar-refractivity contribution in [1.29, 1.82) is 0 Å². The molecule has 0 bridgehead atoms. The molecule has 2 saturated carbocycles. The molecule has 0 aromatic heterocycles. The first kappa shape index (κ1) is 21.4. The van der Waals surface area contributed by atoms with Crippen LogP contribution in [0.25, 0.3) is 0 Å². The van der Waals surface area contributed by atoms with E-state index in [4.69, 9.17) is 14.2 Å². The quantitative estimate of drug-likeness (QED) is 0.462. The highest BCUT2D eigenvalue weighted by Crippen LogP contribution is 2.45. The van der Waals surface area contributed by atoms with Gasteiger partial charge in [0.2, 0.25) is 0 Å². The number of hydrogen-bond donors (Lipinski definition) is 0. The van der Waals surface area contributed by atoms with Crippen LogP contribution in [0, 0.1) is 17.3 Å². The minimum absolute atomic E-state index is 0.326. The first-order valence-corrected chi connectivity index (χ1v) is 10.9. The van der Waals surface area contributed by atoms with Gasteiger partial charge >= 0.3 is 0 Å². The average molecular weight is 387 g/mol. The fourth-order valence-corrected chi connectivity index (χ4v) is 4.56. The van der Waals surface area contributed by atoms with Crippen LogP contribution in [0.4, 0.5) is 0 Å². The third-order valence-corrected chi connectivity index (χ3v) is 7.03. The van der Waals surface area contributed by atoms with Gasteiger partial charge in [0.15, 0.2) is 0 Å². The molecule has 1 aromatic rings. The molecule has 28 heavy (non-hydrogen) atoms. The molecule has 3 rings (SSSR count). The van der Waals surface area contributed by atoms with Crippen molar-refractivity contribution >= 4 is 0 Å². The van der Waals surface area contributed by atoms with Crippen molar-refractivity contribution in [3.8, 4) is 5.75 Å². The Balaban J connectivity index is 1.51. The van der Waals surface area contributed by atoms with E-state index in [1.807, 2.05) is 0 Å². The van der Waals surface area contributed by atoms with E-state index in [0.717, 1.165) is 31.5 Å². The smallest absolute Gasteiger partial charge is 0.119 e. The number of rotatable bonds is 10. The molecule has 1 unspecified atom stereocenters. The molecule has 3 heteroatoms. The van der Waals surface area contributed by atoms with Crippen LogP contribution in [0.15, 0.2) is 35.9 Å². The molecule has 0 aliphatic heterocycles. The summed E-state index contributed by atoms with van der Waals surface area (Å²) in [6, 6.07) is 8.71. The van der Waals surface area contributed by atoms with E-state index in [9.17, 15) is 0 Å². The van der Waals surface area contributed by atoms with E-state index in [-0.39, 0.29) is 0 Å². The second kappa shape index (κ2) is 9.93. The van der Waals surface area contributed by atoms with Crippen molar-refractivity contribution in [2.24, 2.45) is 17.3 Å². The van der Waals surface area contributed by atoms with Crippen LogP contribution >= 0.6 is 0 Å². The van der Waals surface area contributed by atoms with Crippen molar-refractivity contribution in [3.05, 3.63) is 41.5 Å². The van der Waals surface area contributed by atoms with Crippen LogP contribution in [0.5, 0.6) is 5.75 Å². The highest BCUT2D eigenvalue weighted by Gasteiger charge is 2.33. The second-order valence-corrected chi connectivity index (χ2v) is 9.13. The van der Waals surface area contributed by atoms with E-state index in [1.165, 1.54) is 49.7 Å². The van der Waals surface area contributed by atoms with Crippen molar-refractivity contribution in [1.82, 2.24) is 0 Å². The molecule has 156 valence electrons. The Morgan fingerprint density at radius 2 is 1.89 bits per heavy atom. The molecule has 0 saturated heterocycles. The maximum atomic E-state index is 6.23. The van der Waals surface area contributed by atoms with E-state index in [1.54, 1.807) is 14.2 Å².